The summed E-state index contributed by atoms with van der Waals surface area (Å²) in [4.78, 5) is 8.70. The zero-order valence-corrected chi connectivity index (χ0v) is 11.6. The molecule has 0 saturated carbocycles. The molecular weight excluding hydrogens is 234 g/mol. The predicted molar refractivity (Wildman–Crippen MR) is 77.9 cm³/mol. The third-order valence-corrected chi connectivity index (χ3v) is 3.31. The largest absolute Gasteiger partial charge is 0.309 e. The van der Waals surface area contributed by atoms with Gasteiger partial charge in [-0.1, -0.05) is 26.0 Å². The lowest BCUT2D eigenvalue weighted by Crippen LogP contribution is -2.27. The Morgan fingerprint density at radius 3 is 2.68 bits per heavy atom. The normalized spacial score (nSPS) is 14.0. The summed E-state index contributed by atoms with van der Waals surface area (Å²) in [5, 5.41) is 3.60. The Hall–Kier alpha value is -1.74. The van der Waals surface area contributed by atoms with Crippen molar-refractivity contribution in [3.8, 4) is 0 Å². The Labute approximate surface area is 115 Å². The number of aromatic nitrogens is 2. The smallest absolute Gasteiger partial charge is 0.0450 e. The summed E-state index contributed by atoms with van der Waals surface area (Å²) in [6.45, 7) is 5.39. The Kier molecular flexibility index (Phi) is 5.04. The standard InChI is InChI=1S/C16H21N3/c1-3-9-19-16(14-7-6-10-17-12-14)13(2)15-8-4-5-11-18-15/h4-8,10-13,16,19H,3,9H2,1-2H3. The summed E-state index contributed by atoms with van der Waals surface area (Å²) >= 11 is 0. The van der Waals surface area contributed by atoms with Crippen molar-refractivity contribution >= 4 is 0 Å². The highest BCUT2D eigenvalue weighted by atomic mass is 14.9. The number of hydrogen-bond acceptors (Lipinski definition) is 3. The average molecular weight is 255 g/mol. The van der Waals surface area contributed by atoms with E-state index in [9.17, 15) is 0 Å². The molecule has 0 saturated heterocycles. The first-order chi connectivity index (χ1) is 9.33. The number of nitrogens with zero attached hydrogens (tertiary/aromatic N) is 2. The Bertz CT molecular complexity index is 470. The molecule has 2 heterocycles. The summed E-state index contributed by atoms with van der Waals surface area (Å²) in [7, 11) is 0. The molecule has 0 fully saturated rings. The second-order valence-electron chi connectivity index (χ2n) is 4.76. The molecule has 2 unspecified atom stereocenters. The van der Waals surface area contributed by atoms with E-state index in [0.717, 1.165) is 18.7 Å². The molecule has 0 aromatic carbocycles. The van der Waals surface area contributed by atoms with Crippen molar-refractivity contribution in [3.05, 3.63) is 60.2 Å². The van der Waals surface area contributed by atoms with Crippen LogP contribution >= 0.6 is 0 Å². The Morgan fingerprint density at radius 1 is 1.16 bits per heavy atom. The lowest BCUT2D eigenvalue weighted by atomic mass is 9.92. The molecule has 100 valence electrons. The molecule has 1 N–H and O–H groups in total. The van der Waals surface area contributed by atoms with Gasteiger partial charge in [-0.2, -0.15) is 0 Å². The zero-order valence-electron chi connectivity index (χ0n) is 11.6. The Balaban J connectivity index is 2.22. The molecule has 0 radical (unpaired) electrons. The second-order valence-corrected chi connectivity index (χ2v) is 4.76. The van der Waals surface area contributed by atoms with Crippen LogP contribution in [0, 0.1) is 0 Å². The predicted octanol–water partition coefficient (Wildman–Crippen LogP) is 3.32. The highest BCUT2D eigenvalue weighted by Crippen LogP contribution is 2.28. The van der Waals surface area contributed by atoms with Crippen LogP contribution in [0.5, 0.6) is 0 Å². The van der Waals surface area contributed by atoms with Gasteiger partial charge in [0.05, 0.1) is 0 Å². The molecular formula is C16H21N3. The van der Waals surface area contributed by atoms with E-state index in [1.807, 2.05) is 36.8 Å². The van der Waals surface area contributed by atoms with Gasteiger partial charge in [-0.3, -0.25) is 9.97 Å². The van der Waals surface area contributed by atoms with Crippen molar-refractivity contribution in [2.24, 2.45) is 0 Å². The first-order valence-electron chi connectivity index (χ1n) is 6.87. The fourth-order valence-electron chi connectivity index (χ4n) is 2.26. The van der Waals surface area contributed by atoms with E-state index in [1.54, 1.807) is 0 Å². The minimum Gasteiger partial charge on any atom is -0.309 e. The van der Waals surface area contributed by atoms with Crippen LogP contribution < -0.4 is 5.32 Å². The van der Waals surface area contributed by atoms with Crippen LogP contribution in [0.3, 0.4) is 0 Å². The van der Waals surface area contributed by atoms with E-state index in [4.69, 9.17) is 0 Å². The van der Waals surface area contributed by atoms with Crippen molar-refractivity contribution in [2.75, 3.05) is 6.54 Å². The summed E-state index contributed by atoms with van der Waals surface area (Å²) in [6.07, 6.45) is 6.72. The fourth-order valence-corrected chi connectivity index (χ4v) is 2.26. The first kappa shape index (κ1) is 13.7. The number of hydrogen-bond donors (Lipinski definition) is 1. The SMILES string of the molecule is CCCNC(c1cccnc1)C(C)c1ccccn1. The molecule has 2 aromatic heterocycles. The molecule has 2 atom stereocenters. The van der Waals surface area contributed by atoms with E-state index in [1.165, 1.54) is 5.56 Å². The highest BCUT2D eigenvalue weighted by Gasteiger charge is 2.21. The molecule has 0 aliphatic carbocycles. The molecule has 3 nitrogen and oxygen atoms in total. The van der Waals surface area contributed by atoms with E-state index in [2.05, 4.69) is 41.3 Å². The fraction of sp³-hybridized carbons (Fsp3) is 0.375. The quantitative estimate of drug-likeness (QED) is 0.860. The second kappa shape index (κ2) is 7.00. The number of nitrogens with one attached hydrogen (secondary N) is 1. The first-order valence-corrected chi connectivity index (χ1v) is 6.87. The Morgan fingerprint density at radius 2 is 2.05 bits per heavy atom. The van der Waals surface area contributed by atoms with Gasteiger partial charge in [0.15, 0.2) is 0 Å². The molecule has 0 aliphatic rings. The molecule has 3 heteroatoms. The van der Waals surface area contributed by atoms with Gasteiger partial charge in [0.25, 0.3) is 0 Å². The third-order valence-electron chi connectivity index (χ3n) is 3.31. The minimum atomic E-state index is 0.253. The van der Waals surface area contributed by atoms with Gasteiger partial charge >= 0.3 is 0 Å². The van der Waals surface area contributed by atoms with Crippen LogP contribution in [0.15, 0.2) is 48.9 Å². The van der Waals surface area contributed by atoms with Crippen molar-refractivity contribution in [1.82, 2.24) is 15.3 Å². The van der Waals surface area contributed by atoms with Crippen molar-refractivity contribution < 1.29 is 0 Å². The molecule has 0 aliphatic heterocycles. The van der Waals surface area contributed by atoms with Crippen molar-refractivity contribution in [2.45, 2.75) is 32.2 Å². The highest BCUT2D eigenvalue weighted by molar-refractivity contribution is 5.21. The van der Waals surface area contributed by atoms with Gasteiger partial charge in [0.1, 0.15) is 0 Å². The van der Waals surface area contributed by atoms with Crippen LogP contribution in [0.25, 0.3) is 0 Å². The topological polar surface area (TPSA) is 37.8 Å². The molecule has 0 bridgehead atoms. The molecule has 2 aromatic rings. The van der Waals surface area contributed by atoms with Gasteiger partial charge in [-0.05, 0) is 36.7 Å². The maximum atomic E-state index is 4.47. The van der Waals surface area contributed by atoms with Gasteiger partial charge in [-0.25, -0.2) is 0 Å². The molecule has 0 spiro atoms. The monoisotopic (exact) mass is 255 g/mol. The number of pyridine rings is 2. The number of rotatable bonds is 6. The van der Waals surface area contributed by atoms with Crippen LogP contribution in [0.4, 0.5) is 0 Å². The van der Waals surface area contributed by atoms with Crippen molar-refractivity contribution in [1.29, 1.82) is 0 Å². The van der Waals surface area contributed by atoms with Crippen LogP contribution in [0.2, 0.25) is 0 Å². The van der Waals surface area contributed by atoms with Gasteiger partial charge in [-0.15, -0.1) is 0 Å². The minimum absolute atomic E-state index is 0.253. The zero-order chi connectivity index (χ0) is 13.5. The summed E-state index contributed by atoms with van der Waals surface area (Å²) in [5.74, 6) is 0.317. The lowest BCUT2D eigenvalue weighted by molar-refractivity contribution is 0.459. The van der Waals surface area contributed by atoms with Gasteiger partial charge in [0, 0.05) is 36.2 Å². The van der Waals surface area contributed by atoms with E-state index in [0.29, 0.717) is 5.92 Å². The van der Waals surface area contributed by atoms with E-state index in [-0.39, 0.29) is 6.04 Å². The molecule has 19 heavy (non-hydrogen) atoms. The van der Waals surface area contributed by atoms with Crippen molar-refractivity contribution in [3.63, 3.8) is 0 Å². The van der Waals surface area contributed by atoms with Crippen LogP contribution in [-0.2, 0) is 0 Å². The maximum absolute atomic E-state index is 4.47. The summed E-state index contributed by atoms with van der Waals surface area (Å²) < 4.78 is 0. The van der Waals surface area contributed by atoms with Gasteiger partial charge in [0.2, 0.25) is 0 Å². The van der Waals surface area contributed by atoms with Crippen LogP contribution in [0.1, 0.15) is 43.5 Å². The molecule has 2 rings (SSSR count). The summed E-state index contributed by atoms with van der Waals surface area (Å²) in [5.41, 5.74) is 2.33. The third kappa shape index (κ3) is 3.61. The molecule has 0 amide bonds. The summed E-state index contributed by atoms with van der Waals surface area (Å²) in [6, 6.07) is 10.4. The lowest BCUT2D eigenvalue weighted by Gasteiger charge is -2.25. The van der Waals surface area contributed by atoms with Gasteiger partial charge < -0.3 is 5.32 Å². The maximum Gasteiger partial charge on any atom is 0.0450 e. The van der Waals surface area contributed by atoms with E-state index >= 15 is 0 Å². The van der Waals surface area contributed by atoms with Crippen LogP contribution in [-0.4, -0.2) is 16.5 Å². The van der Waals surface area contributed by atoms with E-state index < -0.39 is 0 Å². The average Bonchev–Trinajstić information content (AvgIpc) is 2.49.